The molecule has 0 bridgehead atoms. The average Bonchev–Trinajstić information content (AvgIpc) is 3.00. The van der Waals surface area contributed by atoms with Crippen LogP contribution in [-0.2, 0) is 9.59 Å². The van der Waals surface area contributed by atoms with Crippen molar-refractivity contribution < 1.29 is 19.1 Å². The van der Waals surface area contributed by atoms with Gasteiger partial charge in [-0.05, 0) is 42.0 Å². The molecular formula is C22H15FN2O3. The number of carbonyl (C=O) groups excluding carboxylic acids is 2. The lowest BCUT2D eigenvalue weighted by molar-refractivity contribution is -0.132. The highest BCUT2D eigenvalue weighted by molar-refractivity contribution is 6.51. The topological polar surface area (TPSA) is 70.5 Å². The molecule has 1 aliphatic heterocycles. The third kappa shape index (κ3) is 2.95. The van der Waals surface area contributed by atoms with E-state index in [0.717, 1.165) is 0 Å². The standard InChI is InChI=1S/C22H15FN2O3/c23-16-8-10-17(11-9-16)25-19(14-5-2-1-3-6-14)18(21(27)22(25)28)20(26)15-7-4-12-24-13-15/h1-13,19,26H. The van der Waals surface area contributed by atoms with E-state index in [1.807, 2.05) is 6.07 Å². The molecule has 138 valence electrons. The number of rotatable bonds is 3. The molecule has 1 unspecified atom stereocenters. The van der Waals surface area contributed by atoms with Crippen molar-refractivity contribution in [1.29, 1.82) is 0 Å². The minimum Gasteiger partial charge on any atom is -0.507 e. The van der Waals surface area contributed by atoms with Gasteiger partial charge in [-0.2, -0.15) is 0 Å². The van der Waals surface area contributed by atoms with Crippen molar-refractivity contribution in [3.8, 4) is 0 Å². The van der Waals surface area contributed by atoms with Gasteiger partial charge in [-0.1, -0.05) is 30.3 Å². The Bertz CT molecular complexity index is 1060. The predicted molar refractivity (Wildman–Crippen MR) is 102 cm³/mol. The first-order valence-corrected chi connectivity index (χ1v) is 8.60. The van der Waals surface area contributed by atoms with Crippen LogP contribution < -0.4 is 4.90 Å². The third-order valence-electron chi connectivity index (χ3n) is 4.60. The van der Waals surface area contributed by atoms with Crippen LogP contribution in [0.2, 0.25) is 0 Å². The van der Waals surface area contributed by atoms with Crippen LogP contribution in [0.5, 0.6) is 0 Å². The Morgan fingerprint density at radius 2 is 1.68 bits per heavy atom. The number of nitrogens with zero attached hydrogens (tertiary/aromatic N) is 2. The van der Waals surface area contributed by atoms with Crippen LogP contribution in [0.15, 0.2) is 84.7 Å². The second kappa shape index (κ2) is 7.08. The third-order valence-corrected chi connectivity index (χ3v) is 4.60. The number of anilines is 1. The molecule has 0 spiro atoms. The van der Waals surface area contributed by atoms with E-state index in [0.29, 0.717) is 16.8 Å². The van der Waals surface area contributed by atoms with Gasteiger partial charge >= 0.3 is 0 Å². The minimum atomic E-state index is -0.841. The number of aromatic nitrogens is 1. The van der Waals surface area contributed by atoms with Crippen molar-refractivity contribution in [2.24, 2.45) is 0 Å². The summed E-state index contributed by atoms with van der Waals surface area (Å²) in [7, 11) is 0. The van der Waals surface area contributed by atoms with Crippen molar-refractivity contribution in [3.05, 3.63) is 102 Å². The highest BCUT2D eigenvalue weighted by atomic mass is 19.1. The Morgan fingerprint density at radius 3 is 2.32 bits per heavy atom. The number of carbonyl (C=O) groups is 2. The largest absolute Gasteiger partial charge is 0.507 e. The summed E-state index contributed by atoms with van der Waals surface area (Å²) in [5.74, 6) is -2.35. The summed E-state index contributed by atoms with van der Waals surface area (Å²) in [6.07, 6.45) is 2.96. The molecule has 4 rings (SSSR count). The lowest BCUT2D eigenvalue weighted by Crippen LogP contribution is -2.29. The van der Waals surface area contributed by atoms with Crippen LogP contribution in [0.1, 0.15) is 17.2 Å². The zero-order valence-corrected chi connectivity index (χ0v) is 14.6. The fourth-order valence-electron chi connectivity index (χ4n) is 3.31. The fourth-order valence-corrected chi connectivity index (χ4v) is 3.31. The molecule has 2 aromatic carbocycles. The zero-order chi connectivity index (χ0) is 19.7. The number of amides is 1. The predicted octanol–water partition coefficient (Wildman–Crippen LogP) is 3.85. The quantitative estimate of drug-likeness (QED) is 0.430. The highest BCUT2D eigenvalue weighted by Crippen LogP contribution is 2.41. The lowest BCUT2D eigenvalue weighted by atomic mass is 9.95. The normalized spacial score (nSPS) is 18.5. The maximum Gasteiger partial charge on any atom is 0.300 e. The molecule has 5 nitrogen and oxygen atoms in total. The smallest absolute Gasteiger partial charge is 0.300 e. The van der Waals surface area contributed by atoms with E-state index in [1.165, 1.54) is 35.4 Å². The van der Waals surface area contributed by atoms with Gasteiger partial charge in [-0.25, -0.2) is 4.39 Å². The van der Waals surface area contributed by atoms with Crippen molar-refractivity contribution in [2.75, 3.05) is 4.90 Å². The number of benzene rings is 2. The van der Waals surface area contributed by atoms with Gasteiger partial charge in [0.2, 0.25) is 0 Å². The molecule has 3 aromatic rings. The Labute approximate surface area is 160 Å². The van der Waals surface area contributed by atoms with Gasteiger partial charge in [-0.3, -0.25) is 19.5 Å². The van der Waals surface area contributed by atoms with Gasteiger partial charge in [-0.15, -0.1) is 0 Å². The van der Waals surface area contributed by atoms with Crippen LogP contribution in [0, 0.1) is 5.82 Å². The maximum atomic E-state index is 13.4. The molecule has 1 fully saturated rings. The summed E-state index contributed by atoms with van der Waals surface area (Å²) >= 11 is 0. The van der Waals surface area contributed by atoms with Gasteiger partial charge in [0, 0.05) is 23.6 Å². The summed E-state index contributed by atoms with van der Waals surface area (Å²) in [6, 6.07) is 16.6. The van der Waals surface area contributed by atoms with Gasteiger partial charge < -0.3 is 5.11 Å². The molecule has 28 heavy (non-hydrogen) atoms. The first-order chi connectivity index (χ1) is 13.6. The first kappa shape index (κ1) is 17.6. The Balaban J connectivity index is 1.94. The first-order valence-electron chi connectivity index (χ1n) is 8.60. The number of halogens is 1. The Kier molecular flexibility index (Phi) is 4.45. The maximum absolute atomic E-state index is 13.4. The second-order valence-electron chi connectivity index (χ2n) is 6.30. The van der Waals surface area contributed by atoms with E-state index in [4.69, 9.17) is 0 Å². The molecule has 1 amide bonds. The molecule has 6 heteroatoms. The fraction of sp³-hybridized carbons (Fsp3) is 0.0455. The van der Waals surface area contributed by atoms with E-state index in [9.17, 15) is 19.1 Å². The van der Waals surface area contributed by atoms with Crippen molar-refractivity contribution in [3.63, 3.8) is 0 Å². The molecule has 1 saturated heterocycles. The summed E-state index contributed by atoms with van der Waals surface area (Å²) in [5, 5.41) is 10.8. The van der Waals surface area contributed by atoms with Crippen molar-refractivity contribution >= 4 is 23.1 Å². The number of ketones is 1. The lowest BCUT2D eigenvalue weighted by Gasteiger charge is -2.25. The monoisotopic (exact) mass is 374 g/mol. The molecule has 1 aromatic heterocycles. The van der Waals surface area contributed by atoms with Crippen LogP contribution >= 0.6 is 0 Å². The van der Waals surface area contributed by atoms with Crippen LogP contribution in [0.4, 0.5) is 10.1 Å². The van der Waals surface area contributed by atoms with E-state index in [2.05, 4.69) is 4.98 Å². The average molecular weight is 374 g/mol. The van der Waals surface area contributed by atoms with Crippen LogP contribution in [0.3, 0.4) is 0 Å². The van der Waals surface area contributed by atoms with E-state index in [1.54, 1.807) is 42.6 Å². The van der Waals surface area contributed by atoms with Gasteiger partial charge in [0.15, 0.2) is 0 Å². The summed E-state index contributed by atoms with van der Waals surface area (Å²) in [5.41, 5.74) is 1.31. The number of aliphatic hydroxyl groups excluding tert-OH is 1. The summed E-state index contributed by atoms with van der Waals surface area (Å²) in [6.45, 7) is 0. The Morgan fingerprint density at radius 1 is 0.964 bits per heavy atom. The number of Topliss-reactive ketones (excluding diaryl/α,β-unsaturated/α-hetero) is 1. The molecule has 1 aliphatic rings. The molecule has 2 heterocycles. The molecular weight excluding hydrogens is 359 g/mol. The SMILES string of the molecule is O=C1C(=O)N(c2ccc(F)cc2)C(c2ccccc2)C1=C(O)c1cccnc1. The Hall–Kier alpha value is -3.80. The molecule has 0 radical (unpaired) electrons. The van der Waals surface area contributed by atoms with Crippen LogP contribution in [-0.4, -0.2) is 21.8 Å². The van der Waals surface area contributed by atoms with E-state index in [-0.39, 0.29) is 11.3 Å². The van der Waals surface area contributed by atoms with Crippen molar-refractivity contribution in [1.82, 2.24) is 4.98 Å². The molecule has 0 aliphatic carbocycles. The molecule has 0 saturated carbocycles. The van der Waals surface area contributed by atoms with E-state index < -0.39 is 23.5 Å². The van der Waals surface area contributed by atoms with Gasteiger partial charge in [0.05, 0.1) is 11.6 Å². The summed E-state index contributed by atoms with van der Waals surface area (Å²) in [4.78, 5) is 30.9. The molecule has 1 atom stereocenters. The number of pyridine rings is 1. The zero-order valence-electron chi connectivity index (χ0n) is 14.6. The van der Waals surface area contributed by atoms with E-state index >= 15 is 0 Å². The number of aliphatic hydroxyl groups is 1. The highest BCUT2D eigenvalue weighted by Gasteiger charge is 2.46. The number of hydrogen-bond acceptors (Lipinski definition) is 4. The number of hydrogen-bond donors (Lipinski definition) is 1. The second-order valence-corrected chi connectivity index (χ2v) is 6.30. The van der Waals surface area contributed by atoms with Gasteiger partial charge in [0.1, 0.15) is 11.6 Å². The van der Waals surface area contributed by atoms with Crippen molar-refractivity contribution in [2.45, 2.75) is 6.04 Å². The molecule has 1 N–H and O–H groups in total. The summed E-state index contributed by atoms with van der Waals surface area (Å²) < 4.78 is 13.4. The van der Waals surface area contributed by atoms with Gasteiger partial charge in [0.25, 0.3) is 11.7 Å². The van der Waals surface area contributed by atoms with Crippen LogP contribution in [0.25, 0.3) is 5.76 Å². The minimum absolute atomic E-state index is 0.0338.